The molecule has 19 heavy (non-hydrogen) atoms. The smallest absolute Gasteiger partial charge is 0.00731 e. The average Bonchev–Trinajstić information content (AvgIpc) is 3.13. The van der Waals surface area contributed by atoms with Gasteiger partial charge in [0.2, 0.25) is 0 Å². The molecule has 2 saturated carbocycles. The monoisotopic (exact) mass is 277 g/mol. The SMILES string of the molecule is CCNC(CCc1cccs1)CC1CC2CCC1C2. The Morgan fingerprint density at radius 3 is 2.95 bits per heavy atom. The first-order valence-corrected chi connectivity index (χ1v) is 8.99. The van der Waals surface area contributed by atoms with Crippen LogP contribution in [0, 0.1) is 17.8 Å². The van der Waals surface area contributed by atoms with Crippen LogP contribution in [0.15, 0.2) is 17.5 Å². The largest absolute Gasteiger partial charge is 0.314 e. The maximum atomic E-state index is 3.74. The second kappa shape index (κ2) is 6.41. The highest BCUT2D eigenvalue weighted by Crippen LogP contribution is 2.50. The molecule has 1 nitrogen and oxygen atoms in total. The molecule has 2 fully saturated rings. The number of thiophene rings is 1. The van der Waals surface area contributed by atoms with Crippen LogP contribution in [-0.4, -0.2) is 12.6 Å². The topological polar surface area (TPSA) is 12.0 Å². The second-order valence-electron chi connectivity index (χ2n) is 6.54. The molecule has 0 amide bonds. The molecule has 1 heterocycles. The van der Waals surface area contributed by atoms with E-state index in [-0.39, 0.29) is 0 Å². The lowest BCUT2D eigenvalue weighted by Crippen LogP contribution is -2.32. The van der Waals surface area contributed by atoms with Crippen LogP contribution in [0.2, 0.25) is 0 Å². The third-order valence-electron chi connectivity index (χ3n) is 5.28. The summed E-state index contributed by atoms with van der Waals surface area (Å²) in [6.45, 7) is 3.37. The van der Waals surface area contributed by atoms with E-state index in [2.05, 4.69) is 29.8 Å². The number of hydrogen-bond donors (Lipinski definition) is 1. The molecule has 2 aliphatic carbocycles. The zero-order chi connectivity index (χ0) is 13.1. The molecule has 4 atom stereocenters. The van der Waals surface area contributed by atoms with Crippen LogP contribution in [0.25, 0.3) is 0 Å². The molecular weight excluding hydrogens is 250 g/mol. The highest BCUT2D eigenvalue weighted by molar-refractivity contribution is 7.09. The van der Waals surface area contributed by atoms with Crippen molar-refractivity contribution in [2.45, 2.75) is 57.9 Å². The van der Waals surface area contributed by atoms with Gasteiger partial charge in [-0.05, 0) is 74.3 Å². The molecule has 1 N–H and O–H groups in total. The van der Waals surface area contributed by atoms with E-state index in [1.807, 2.05) is 11.3 Å². The van der Waals surface area contributed by atoms with Crippen LogP contribution in [0.1, 0.15) is 50.3 Å². The van der Waals surface area contributed by atoms with Crippen LogP contribution in [-0.2, 0) is 6.42 Å². The number of nitrogens with one attached hydrogen (secondary N) is 1. The maximum Gasteiger partial charge on any atom is 0.00731 e. The summed E-state index contributed by atoms with van der Waals surface area (Å²) in [7, 11) is 0. The summed E-state index contributed by atoms with van der Waals surface area (Å²) >= 11 is 1.91. The fraction of sp³-hybridized carbons (Fsp3) is 0.765. The van der Waals surface area contributed by atoms with E-state index in [0.29, 0.717) is 0 Å². The minimum absolute atomic E-state index is 0.747. The maximum absolute atomic E-state index is 3.74. The Hall–Kier alpha value is -0.340. The first-order chi connectivity index (χ1) is 9.35. The van der Waals surface area contributed by atoms with E-state index < -0.39 is 0 Å². The third kappa shape index (κ3) is 3.41. The lowest BCUT2D eigenvalue weighted by molar-refractivity contribution is 0.273. The molecular formula is C17H27NS. The average molecular weight is 277 g/mol. The predicted octanol–water partition coefficient (Wildman–Crippen LogP) is 4.49. The molecule has 0 spiro atoms. The van der Waals surface area contributed by atoms with Gasteiger partial charge in [-0.3, -0.25) is 0 Å². The standard InChI is InChI=1S/C17H27NS/c1-2-18-16(7-8-17-4-3-9-19-17)12-15-11-13-5-6-14(15)10-13/h3-4,9,13-16,18H,2,5-8,10-12H2,1H3. The van der Waals surface area contributed by atoms with E-state index in [9.17, 15) is 0 Å². The Morgan fingerprint density at radius 1 is 1.37 bits per heavy atom. The van der Waals surface area contributed by atoms with Crippen molar-refractivity contribution in [2.75, 3.05) is 6.54 Å². The third-order valence-corrected chi connectivity index (χ3v) is 6.22. The van der Waals surface area contributed by atoms with Crippen molar-refractivity contribution >= 4 is 11.3 Å². The first-order valence-electron chi connectivity index (χ1n) is 8.11. The summed E-state index contributed by atoms with van der Waals surface area (Å²) < 4.78 is 0. The Bertz CT molecular complexity index is 373. The van der Waals surface area contributed by atoms with Crippen molar-refractivity contribution < 1.29 is 0 Å². The normalized spacial score (nSPS) is 30.9. The summed E-state index contributed by atoms with van der Waals surface area (Å²) in [5, 5.41) is 5.94. The zero-order valence-electron chi connectivity index (χ0n) is 12.1. The Labute approximate surface area is 121 Å². The van der Waals surface area contributed by atoms with Crippen molar-refractivity contribution in [3.05, 3.63) is 22.4 Å². The van der Waals surface area contributed by atoms with Crippen LogP contribution in [0.5, 0.6) is 0 Å². The van der Waals surface area contributed by atoms with Gasteiger partial charge in [-0.15, -0.1) is 11.3 Å². The van der Waals surface area contributed by atoms with Gasteiger partial charge in [-0.25, -0.2) is 0 Å². The molecule has 3 rings (SSSR count). The van der Waals surface area contributed by atoms with Gasteiger partial charge < -0.3 is 5.32 Å². The Kier molecular flexibility index (Phi) is 4.60. The van der Waals surface area contributed by atoms with Gasteiger partial charge in [0.1, 0.15) is 0 Å². The summed E-state index contributed by atoms with van der Waals surface area (Å²) in [4.78, 5) is 1.55. The van der Waals surface area contributed by atoms with Crippen molar-refractivity contribution in [1.82, 2.24) is 5.32 Å². The highest BCUT2D eigenvalue weighted by Gasteiger charge is 2.39. The zero-order valence-corrected chi connectivity index (χ0v) is 12.9. The number of fused-ring (bicyclic) bond motifs is 2. The predicted molar refractivity (Wildman–Crippen MR) is 83.7 cm³/mol. The van der Waals surface area contributed by atoms with Crippen LogP contribution < -0.4 is 5.32 Å². The molecule has 1 aromatic rings. The minimum atomic E-state index is 0.747. The van der Waals surface area contributed by atoms with Crippen LogP contribution in [0.4, 0.5) is 0 Å². The Balaban J connectivity index is 1.49. The van der Waals surface area contributed by atoms with Gasteiger partial charge in [0.05, 0.1) is 0 Å². The molecule has 0 aliphatic heterocycles. The summed E-state index contributed by atoms with van der Waals surface area (Å²) in [5.41, 5.74) is 0. The fourth-order valence-corrected chi connectivity index (χ4v) is 5.12. The van der Waals surface area contributed by atoms with Crippen molar-refractivity contribution in [3.8, 4) is 0 Å². The lowest BCUT2D eigenvalue weighted by Gasteiger charge is -2.27. The van der Waals surface area contributed by atoms with Gasteiger partial charge in [0.25, 0.3) is 0 Å². The quantitative estimate of drug-likeness (QED) is 0.774. The van der Waals surface area contributed by atoms with Crippen molar-refractivity contribution in [3.63, 3.8) is 0 Å². The van der Waals surface area contributed by atoms with Crippen LogP contribution >= 0.6 is 11.3 Å². The van der Waals surface area contributed by atoms with Gasteiger partial charge in [0, 0.05) is 10.9 Å². The summed E-state index contributed by atoms with van der Waals surface area (Å²) in [6.07, 6.45) is 10.2. The molecule has 0 aromatic carbocycles. The van der Waals surface area contributed by atoms with Crippen molar-refractivity contribution in [2.24, 2.45) is 17.8 Å². The molecule has 2 heteroatoms. The highest BCUT2D eigenvalue weighted by atomic mass is 32.1. The number of rotatable bonds is 7. The van der Waals surface area contributed by atoms with Gasteiger partial charge in [-0.1, -0.05) is 19.4 Å². The van der Waals surface area contributed by atoms with Crippen molar-refractivity contribution in [1.29, 1.82) is 0 Å². The minimum Gasteiger partial charge on any atom is -0.314 e. The van der Waals surface area contributed by atoms with E-state index in [4.69, 9.17) is 0 Å². The van der Waals surface area contributed by atoms with E-state index in [1.165, 1.54) is 38.5 Å². The number of hydrogen-bond acceptors (Lipinski definition) is 2. The molecule has 106 valence electrons. The summed E-state index contributed by atoms with van der Waals surface area (Å²) in [5.74, 6) is 3.20. The number of aryl methyl sites for hydroxylation is 1. The van der Waals surface area contributed by atoms with Gasteiger partial charge >= 0.3 is 0 Å². The molecule has 1 aromatic heterocycles. The van der Waals surface area contributed by atoms with E-state index >= 15 is 0 Å². The fourth-order valence-electron chi connectivity index (χ4n) is 4.39. The van der Waals surface area contributed by atoms with Gasteiger partial charge in [0.15, 0.2) is 0 Å². The first kappa shape index (κ1) is 13.6. The molecule has 2 bridgehead atoms. The summed E-state index contributed by atoms with van der Waals surface area (Å²) in [6, 6.07) is 5.21. The molecule has 0 saturated heterocycles. The molecule has 0 radical (unpaired) electrons. The lowest BCUT2D eigenvalue weighted by atomic mass is 9.83. The van der Waals surface area contributed by atoms with E-state index in [0.717, 1.165) is 30.3 Å². The Morgan fingerprint density at radius 2 is 2.32 bits per heavy atom. The molecule has 2 aliphatic rings. The van der Waals surface area contributed by atoms with Gasteiger partial charge in [-0.2, -0.15) is 0 Å². The second-order valence-corrected chi connectivity index (χ2v) is 7.58. The van der Waals surface area contributed by atoms with E-state index in [1.54, 1.807) is 11.3 Å². The van der Waals surface area contributed by atoms with Crippen LogP contribution in [0.3, 0.4) is 0 Å². The molecule has 4 unspecified atom stereocenters.